The van der Waals surface area contributed by atoms with Crippen LogP contribution in [-0.4, -0.2) is 16.7 Å². The summed E-state index contributed by atoms with van der Waals surface area (Å²) in [7, 11) is 0. The number of nitrogens with zero attached hydrogens (tertiary/aromatic N) is 1. The van der Waals surface area contributed by atoms with Gasteiger partial charge in [0.25, 0.3) is 0 Å². The molecule has 0 saturated carbocycles. The van der Waals surface area contributed by atoms with Crippen molar-refractivity contribution in [1.29, 1.82) is 0 Å². The van der Waals surface area contributed by atoms with Crippen molar-refractivity contribution >= 4 is 0 Å². The maximum absolute atomic E-state index is 13.7. The van der Waals surface area contributed by atoms with E-state index in [1.807, 2.05) is 19.1 Å². The number of halogens is 2. The fourth-order valence-electron chi connectivity index (χ4n) is 1.93. The third kappa shape index (κ3) is 3.37. The van der Waals surface area contributed by atoms with Crippen LogP contribution in [0.5, 0.6) is 0 Å². The first-order valence-corrected chi connectivity index (χ1v) is 6.31. The van der Waals surface area contributed by atoms with Crippen LogP contribution in [0.2, 0.25) is 0 Å². The number of nitrogens with one attached hydrogen (secondary N) is 1. The van der Waals surface area contributed by atoms with Gasteiger partial charge in [0.05, 0.1) is 18.3 Å². The van der Waals surface area contributed by atoms with Crippen molar-refractivity contribution in [3.8, 4) is 0 Å². The Hall–Kier alpha value is -1.85. The molecule has 2 N–H and O–H groups in total. The molecule has 1 aromatic carbocycles. The number of aryl methyl sites for hydroxylation is 1. The Morgan fingerprint density at radius 3 is 2.45 bits per heavy atom. The highest BCUT2D eigenvalue weighted by Gasteiger charge is 2.18. The second-order valence-corrected chi connectivity index (χ2v) is 4.58. The Kier molecular flexibility index (Phi) is 4.76. The average molecular weight is 278 g/mol. The molecule has 1 aromatic heterocycles. The maximum atomic E-state index is 13.7. The molecule has 0 bridgehead atoms. The molecule has 1 heterocycles. The lowest BCUT2D eigenvalue weighted by atomic mass is 10.1. The lowest BCUT2D eigenvalue weighted by molar-refractivity contribution is 0.237. The SMILES string of the molecule is Cc1ccc(CN[C@@H](CO)c2c(F)cccc2F)nc1. The molecule has 0 spiro atoms. The van der Waals surface area contributed by atoms with E-state index in [0.29, 0.717) is 6.54 Å². The molecule has 0 aliphatic heterocycles. The van der Waals surface area contributed by atoms with Crippen LogP contribution in [0, 0.1) is 18.6 Å². The van der Waals surface area contributed by atoms with Gasteiger partial charge in [0.2, 0.25) is 0 Å². The van der Waals surface area contributed by atoms with Crippen molar-refractivity contribution in [2.75, 3.05) is 6.61 Å². The number of aromatic nitrogens is 1. The summed E-state index contributed by atoms with van der Waals surface area (Å²) >= 11 is 0. The standard InChI is InChI=1S/C15H16F2N2O/c1-10-5-6-11(18-7-10)8-19-14(9-20)15-12(16)3-2-4-13(15)17/h2-7,14,19-20H,8-9H2,1H3/t14-/m0/s1. The van der Waals surface area contributed by atoms with Gasteiger partial charge >= 0.3 is 0 Å². The van der Waals surface area contributed by atoms with Crippen molar-refractivity contribution in [3.63, 3.8) is 0 Å². The number of aliphatic hydroxyl groups is 1. The molecule has 2 aromatic rings. The zero-order valence-corrected chi connectivity index (χ0v) is 11.1. The average Bonchev–Trinajstić information content (AvgIpc) is 2.44. The van der Waals surface area contributed by atoms with Crippen molar-refractivity contribution in [2.45, 2.75) is 19.5 Å². The third-order valence-electron chi connectivity index (χ3n) is 3.03. The summed E-state index contributed by atoms with van der Waals surface area (Å²) in [5, 5.41) is 12.2. The second kappa shape index (κ2) is 6.54. The van der Waals surface area contributed by atoms with E-state index in [1.54, 1.807) is 6.20 Å². The summed E-state index contributed by atoms with van der Waals surface area (Å²) in [6, 6.07) is 6.57. The monoisotopic (exact) mass is 278 g/mol. The molecule has 0 fully saturated rings. The molecule has 20 heavy (non-hydrogen) atoms. The van der Waals surface area contributed by atoms with E-state index in [-0.39, 0.29) is 5.56 Å². The van der Waals surface area contributed by atoms with Crippen LogP contribution in [-0.2, 0) is 6.54 Å². The van der Waals surface area contributed by atoms with Gasteiger partial charge in [-0.25, -0.2) is 8.78 Å². The zero-order valence-electron chi connectivity index (χ0n) is 11.1. The Labute approximate surface area is 116 Å². The van der Waals surface area contributed by atoms with Gasteiger partial charge in [0, 0.05) is 18.3 Å². The molecule has 2 rings (SSSR count). The fraction of sp³-hybridized carbons (Fsp3) is 0.267. The highest BCUT2D eigenvalue weighted by atomic mass is 19.1. The van der Waals surface area contributed by atoms with Gasteiger partial charge < -0.3 is 10.4 Å². The Bertz CT molecular complexity index is 552. The second-order valence-electron chi connectivity index (χ2n) is 4.58. The van der Waals surface area contributed by atoms with Crippen LogP contribution in [0.4, 0.5) is 8.78 Å². The van der Waals surface area contributed by atoms with E-state index < -0.39 is 24.3 Å². The van der Waals surface area contributed by atoms with Crippen LogP contribution >= 0.6 is 0 Å². The number of hydrogen-bond acceptors (Lipinski definition) is 3. The van der Waals surface area contributed by atoms with Gasteiger partial charge in [0.15, 0.2) is 0 Å². The third-order valence-corrected chi connectivity index (χ3v) is 3.03. The van der Waals surface area contributed by atoms with Gasteiger partial charge in [-0.3, -0.25) is 4.98 Å². The summed E-state index contributed by atoms with van der Waals surface area (Å²) in [6.07, 6.45) is 1.72. The van der Waals surface area contributed by atoms with Crippen LogP contribution < -0.4 is 5.32 Å². The van der Waals surface area contributed by atoms with E-state index >= 15 is 0 Å². The largest absolute Gasteiger partial charge is 0.394 e. The fourth-order valence-corrected chi connectivity index (χ4v) is 1.93. The molecule has 106 valence electrons. The minimum absolute atomic E-state index is 0.151. The summed E-state index contributed by atoms with van der Waals surface area (Å²) in [5.74, 6) is -1.35. The van der Waals surface area contributed by atoms with Crippen LogP contribution in [0.3, 0.4) is 0 Å². The Morgan fingerprint density at radius 1 is 1.20 bits per heavy atom. The number of rotatable bonds is 5. The number of aliphatic hydroxyl groups excluding tert-OH is 1. The highest BCUT2D eigenvalue weighted by molar-refractivity contribution is 5.23. The predicted octanol–water partition coefficient (Wildman–Crippen LogP) is 2.49. The van der Waals surface area contributed by atoms with E-state index in [1.165, 1.54) is 18.2 Å². The van der Waals surface area contributed by atoms with Crippen molar-refractivity contribution in [3.05, 3.63) is 65.0 Å². The predicted molar refractivity (Wildman–Crippen MR) is 72.0 cm³/mol. The number of benzene rings is 1. The first-order valence-electron chi connectivity index (χ1n) is 6.31. The summed E-state index contributed by atoms with van der Waals surface area (Å²) in [4.78, 5) is 4.19. The minimum atomic E-state index is -0.806. The smallest absolute Gasteiger partial charge is 0.131 e. The summed E-state index contributed by atoms with van der Waals surface area (Å²) in [6.45, 7) is 1.85. The molecule has 0 aliphatic carbocycles. The minimum Gasteiger partial charge on any atom is -0.394 e. The van der Waals surface area contributed by atoms with Gasteiger partial charge in [-0.05, 0) is 30.7 Å². The first-order chi connectivity index (χ1) is 9.61. The Balaban J connectivity index is 2.11. The summed E-state index contributed by atoms with van der Waals surface area (Å²) in [5.41, 5.74) is 1.63. The molecule has 3 nitrogen and oxygen atoms in total. The molecule has 0 radical (unpaired) electrons. The molecular weight excluding hydrogens is 262 g/mol. The molecule has 0 saturated heterocycles. The highest BCUT2D eigenvalue weighted by Crippen LogP contribution is 2.20. The molecule has 0 unspecified atom stereocenters. The number of pyridine rings is 1. The molecule has 5 heteroatoms. The van der Waals surface area contributed by atoms with E-state index in [2.05, 4.69) is 10.3 Å². The van der Waals surface area contributed by atoms with Crippen LogP contribution in [0.15, 0.2) is 36.5 Å². The molecule has 0 aliphatic rings. The van der Waals surface area contributed by atoms with E-state index in [4.69, 9.17) is 0 Å². The number of hydrogen-bond donors (Lipinski definition) is 2. The quantitative estimate of drug-likeness (QED) is 0.883. The van der Waals surface area contributed by atoms with Crippen molar-refractivity contribution in [1.82, 2.24) is 10.3 Å². The van der Waals surface area contributed by atoms with Gasteiger partial charge in [-0.2, -0.15) is 0 Å². The maximum Gasteiger partial charge on any atom is 0.131 e. The normalized spacial score (nSPS) is 12.4. The Morgan fingerprint density at radius 2 is 1.90 bits per heavy atom. The summed E-state index contributed by atoms with van der Waals surface area (Å²) < 4.78 is 27.3. The molecule has 1 atom stereocenters. The molecular formula is C15H16F2N2O. The lowest BCUT2D eigenvalue weighted by Crippen LogP contribution is -2.26. The van der Waals surface area contributed by atoms with Gasteiger partial charge in [0.1, 0.15) is 11.6 Å². The van der Waals surface area contributed by atoms with Gasteiger partial charge in [-0.1, -0.05) is 12.1 Å². The first kappa shape index (κ1) is 14.6. The van der Waals surface area contributed by atoms with Crippen molar-refractivity contribution in [2.24, 2.45) is 0 Å². The van der Waals surface area contributed by atoms with Crippen LogP contribution in [0.1, 0.15) is 22.9 Å². The topological polar surface area (TPSA) is 45.1 Å². The van der Waals surface area contributed by atoms with Crippen LogP contribution in [0.25, 0.3) is 0 Å². The van der Waals surface area contributed by atoms with Crippen molar-refractivity contribution < 1.29 is 13.9 Å². The van der Waals surface area contributed by atoms with E-state index in [0.717, 1.165) is 11.3 Å². The molecule has 0 amide bonds. The van der Waals surface area contributed by atoms with E-state index in [9.17, 15) is 13.9 Å². The zero-order chi connectivity index (χ0) is 14.5. The van der Waals surface area contributed by atoms with Gasteiger partial charge in [-0.15, -0.1) is 0 Å². The lowest BCUT2D eigenvalue weighted by Gasteiger charge is -2.17.